The Morgan fingerprint density at radius 3 is 1.15 bits per heavy atom. The Morgan fingerprint density at radius 2 is 1.15 bits per heavy atom. The van der Waals surface area contributed by atoms with E-state index in [1.54, 1.807) is 0 Å². The van der Waals surface area contributed by atoms with Gasteiger partial charge in [-0.1, -0.05) is 6.58 Å². The molecule has 0 saturated carbocycles. The van der Waals surface area contributed by atoms with Crippen LogP contribution in [-0.4, -0.2) is 30.0 Å². The zero-order valence-corrected chi connectivity index (χ0v) is 14.3. The highest BCUT2D eigenvalue weighted by Gasteiger charge is 1.87. The topological polar surface area (TPSA) is 0 Å². The lowest BCUT2D eigenvalue weighted by Gasteiger charge is -1.85. The van der Waals surface area contributed by atoms with Gasteiger partial charge in [0, 0.05) is 11.3 Å². The molecule has 0 aliphatic heterocycles. The summed E-state index contributed by atoms with van der Waals surface area (Å²) in [6.45, 7) is 3.81. The molecule has 0 N–H and O–H groups in total. The Bertz CT molecular complexity index is 144. The van der Waals surface area contributed by atoms with Crippen molar-refractivity contribution in [2.24, 2.45) is 0 Å². The van der Waals surface area contributed by atoms with Crippen LogP contribution in [0.2, 0.25) is 0 Å². The molecule has 0 saturated heterocycles. The maximum atomic E-state index is 11.3. The third-order valence-corrected chi connectivity index (χ3v) is 1.63. The SMILES string of the molecule is C=C(C)F.CC(Cl)CCl.CC(F)CCl.Cl.F.FC(F)F. The molecule has 2 atom stereocenters. The summed E-state index contributed by atoms with van der Waals surface area (Å²) in [5, 5.41) is 0.122. The molecule has 130 valence electrons. The molecule has 0 aromatic heterocycles. The predicted molar refractivity (Wildman–Crippen MR) is 80.1 cm³/mol. The van der Waals surface area contributed by atoms with Gasteiger partial charge in [-0.3, -0.25) is 4.70 Å². The molecule has 20 heavy (non-hydrogen) atoms. The Balaban J connectivity index is -0.0000000318. The Morgan fingerprint density at radius 1 is 1.05 bits per heavy atom. The van der Waals surface area contributed by atoms with Gasteiger partial charge in [0.1, 0.15) is 6.17 Å². The van der Waals surface area contributed by atoms with E-state index in [4.69, 9.17) is 34.8 Å². The van der Waals surface area contributed by atoms with Crippen LogP contribution in [0.15, 0.2) is 12.4 Å². The summed E-state index contributed by atoms with van der Waals surface area (Å²) < 4.78 is 51.1. The summed E-state index contributed by atoms with van der Waals surface area (Å²) in [5.74, 6) is 0.321. The third kappa shape index (κ3) is 281. The number of allylic oxidation sites excluding steroid dienone is 1. The second kappa shape index (κ2) is 31.7. The summed E-state index contributed by atoms with van der Waals surface area (Å²) in [6, 6.07) is 0. The van der Waals surface area contributed by atoms with E-state index in [9.17, 15) is 22.0 Å². The van der Waals surface area contributed by atoms with E-state index in [1.165, 1.54) is 13.8 Å². The van der Waals surface area contributed by atoms with Crippen molar-refractivity contribution in [1.82, 2.24) is 0 Å². The number of halogens is 10. The van der Waals surface area contributed by atoms with Crippen molar-refractivity contribution in [1.29, 1.82) is 0 Å². The maximum absolute atomic E-state index is 11.3. The van der Waals surface area contributed by atoms with Gasteiger partial charge in [-0.2, -0.15) is 13.2 Å². The summed E-state index contributed by atoms with van der Waals surface area (Å²) in [4.78, 5) is 0. The quantitative estimate of drug-likeness (QED) is 0.361. The average Bonchev–Trinajstić information content (AvgIpc) is 2.16. The second-order valence-corrected chi connectivity index (χ2v) is 4.16. The molecule has 0 aromatic rings. The summed E-state index contributed by atoms with van der Waals surface area (Å²) >= 11 is 15.5. The first-order valence-corrected chi connectivity index (χ1v) is 6.14. The minimum absolute atomic E-state index is 0. The van der Waals surface area contributed by atoms with Crippen molar-refractivity contribution in [3.63, 3.8) is 0 Å². The molecule has 10 heteroatoms. The monoisotopic (exact) mass is 394 g/mol. The smallest absolute Gasteiger partial charge is 0.269 e. The van der Waals surface area contributed by atoms with E-state index in [2.05, 4.69) is 6.58 Å². The largest absolute Gasteiger partial charge is 0.379 e. The van der Waals surface area contributed by atoms with Crippen LogP contribution >= 0.6 is 47.2 Å². The van der Waals surface area contributed by atoms with E-state index in [0.717, 1.165) is 0 Å². The van der Waals surface area contributed by atoms with Crippen LogP contribution in [0.5, 0.6) is 0 Å². The average molecular weight is 396 g/mol. The highest BCUT2D eigenvalue weighted by molar-refractivity contribution is 6.27. The fourth-order valence-corrected chi connectivity index (χ4v) is 0. The zero-order valence-electron chi connectivity index (χ0n) is 11.2. The van der Waals surface area contributed by atoms with E-state index in [-0.39, 0.29) is 34.2 Å². The van der Waals surface area contributed by atoms with E-state index in [1.807, 2.05) is 6.92 Å². The molecule has 0 nitrogen and oxygen atoms in total. The van der Waals surface area contributed by atoms with Crippen LogP contribution in [-0.2, 0) is 0 Å². The molecule has 0 fully saturated rings. The van der Waals surface area contributed by atoms with Gasteiger partial charge >= 0.3 is 6.68 Å². The van der Waals surface area contributed by atoms with Gasteiger partial charge in [0.15, 0.2) is 0 Å². The molecule has 0 aromatic carbocycles. The lowest BCUT2D eigenvalue weighted by atomic mass is 10.5. The first kappa shape index (κ1) is 37.1. The predicted octanol–water partition coefficient (Wildman–Crippen LogP) is 6.68. The Hall–Kier alpha value is 0.480. The minimum atomic E-state index is -3.67. The molecule has 0 rings (SSSR count). The van der Waals surface area contributed by atoms with Crippen molar-refractivity contribution in [2.75, 3.05) is 11.8 Å². The molecule has 0 aliphatic carbocycles. The molecule has 0 bridgehead atoms. The lowest BCUT2D eigenvalue weighted by molar-refractivity contribution is 0.00819. The fourth-order valence-electron chi connectivity index (χ4n) is 0. The van der Waals surface area contributed by atoms with Crippen LogP contribution in [0.1, 0.15) is 20.8 Å². The highest BCUT2D eigenvalue weighted by atomic mass is 35.5. The van der Waals surface area contributed by atoms with Crippen molar-refractivity contribution in [2.45, 2.75) is 39.0 Å². The number of rotatable bonds is 2. The zero-order chi connectivity index (χ0) is 15.7. The first-order chi connectivity index (χ1) is 8.00. The van der Waals surface area contributed by atoms with Crippen molar-refractivity contribution in [3.05, 3.63) is 12.4 Å². The van der Waals surface area contributed by atoms with Gasteiger partial charge in [0.25, 0.3) is 0 Å². The van der Waals surface area contributed by atoms with Crippen LogP contribution in [0.3, 0.4) is 0 Å². The van der Waals surface area contributed by atoms with Gasteiger partial charge in [-0.15, -0.1) is 47.2 Å². The lowest BCUT2D eigenvalue weighted by Crippen LogP contribution is -1.89. The molecule has 2 unspecified atom stereocenters. The number of hydrogen-bond acceptors (Lipinski definition) is 0. The standard InChI is InChI=1S/C3H6Cl2.C3H6ClF.C3H5F.CHF3.ClH.FH/c2*1-3(5)2-4;1-3(2)4;2-1(3)4;;/h2*3H,2H2,1H3;1H2,2H3;1H;2*1H. The number of alkyl halides is 7. The van der Waals surface area contributed by atoms with Gasteiger partial charge in [-0.25, -0.2) is 8.78 Å². The minimum Gasteiger partial charge on any atom is -0.269 e. The number of hydrogen-bond donors (Lipinski definition) is 0. The summed E-state index contributed by atoms with van der Waals surface area (Å²) in [5.41, 5.74) is 0. The molecule has 0 radical (unpaired) electrons. The van der Waals surface area contributed by atoms with Crippen molar-refractivity contribution >= 4 is 47.2 Å². The first-order valence-electron chi connectivity index (χ1n) is 4.64. The van der Waals surface area contributed by atoms with Crippen LogP contribution in [0.25, 0.3) is 0 Å². The highest BCUT2D eigenvalue weighted by Crippen LogP contribution is 1.93. The summed E-state index contributed by atoms with van der Waals surface area (Å²) in [6.07, 6.45) is -0.850. The normalized spacial score (nSPS) is 10.6. The van der Waals surface area contributed by atoms with E-state index >= 15 is 0 Å². The van der Waals surface area contributed by atoms with Crippen LogP contribution in [0.4, 0.5) is 26.7 Å². The van der Waals surface area contributed by atoms with Crippen LogP contribution in [0, 0.1) is 0 Å². The van der Waals surface area contributed by atoms with Crippen molar-refractivity contribution < 1.29 is 26.7 Å². The van der Waals surface area contributed by atoms with E-state index < -0.39 is 12.9 Å². The Labute approximate surface area is 137 Å². The van der Waals surface area contributed by atoms with Gasteiger partial charge in [0.05, 0.1) is 11.7 Å². The fraction of sp³-hybridized carbons (Fsp3) is 0.800. The molecule has 0 heterocycles. The van der Waals surface area contributed by atoms with Gasteiger partial charge < -0.3 is 0 Å². The second-order valence-electron chi connectivity index (χ2n) is 2.79. The van der Waals surface area contributed by atoms with Crippen LogP contribution < -0.4 is 0 Å². The van der Waals surface area contributed by atoms with Gasteiger partial charge in [0.2, 0.25) is 0 Å². The van der Waals surface area contributed by atoms with Crippen molar-refractivity contribution in [3.8, 4) is 0 Å². The molecule has 0 amide bonds. The Kier molecular flexibility index (Phi) is 58.8. The third-order valence-electron chi connectivity index (χ3n) is 0.425. The molecular formula is C10H20Cl4F6. The maximum Gasteiger partial charge on any atom is 0.379 e. The van der Waals surface area contributed by atoms with E-state index in [0.29, 0.717) is 5.88 Å². The molecule has 0 aliphatic rings. The van der Waals surface area contributed by atoms with Gasteiger partial charge in [-0.05, 0) is 20.8 Å². The molecule has 0 spiro atoms. The molecular weight excluding hydrogens is 376 g/mol. The summed E-state index contributed by atoms with van der Waals surface area (Å²) in [7, 11) is 0.